The van der Waals surface area contributed by atoms with E-state index in [4.69, 9.17) is 4.74 Å². The largest absolute Gasteiger partial charge is 0.441 e. The molecule has 5 heteroatoms. The van der Waals surface area contributed by atoms with E-state index in [1.54, 1.807) is 4.90 Å². The second-order valence-corrected chi connectivity index (χ2v) is 6.38. The van der Waals surface area contributed by atoms with Crippen LogP contribution in [0.5, 0.6) is 0 Å². The lowest BCUT2D eigenvalue weighted by Gasteiger charge is -2.25. The van der Waals surface area contributed by atoms with Crippen molar-refractivity contribution in [3.8, 4) is 0 Å². The van der Waals surface area contributed by atoms with Crippen LogP contribution in [0.2, 0.25) is 0 Å². The van der Waals surface area contributed by atoms with Crippen LogP contribution in [0.3, 0.4) is 0 Å². The molecule has 0 radical (unpaired) electrons. The van der Waals surface area contributed by atoms with E-state index in [2.05, 4.69) is 34.0 Å². The van der Waals surface area contributed by atoms with Gasteiger partial charge < -0.3 is 19.1 Å². The molecule has 0 aromatic carbocycles. The second-order valence-electron chi connectivity index (χ2n) is 6.38. The molecule has 0 unspecified atom stereocenters. The van der Waals surface area contributed by atoms with Crippen molar-refractivity contribution in [1.29, 1.82) is 0 Å². The van der Waals surface area contributed by atoms with E-state index in [1.165, 1.54) is 6.42 Å². The quantitative estimate of drug-likeness (QED) is 0.853. The Kier molecular flexibility index (Phi) is 4.19. The molecule has 0 N–H and O–H groups in total. The summed E-state index contributed by atoms with van der Waals surface area (Å²) in [5.74, 6) is 0. The number of aryl methyl sites for hydroxylation is 1. The lowest BCUT2D eigenvalue weighted by molar-refractivity contribution is 0.0444. The number of likely N-dealkylation sites (tertiary alicyclic amines) is 1. The van der Waals surface area contributed by atoms with E-state index in [-0.39, 0.29) is 11.7 Å². The van der Waals surface area contributed by atoms with E-state index < -0.39 is 0 Å². The number of rotatable bonds is 4. The first-order chi connectivity index (χ1) is 10.2. The maximum absolute atomic E-state index is 11.6. The third-order valence-electron chi connectivity index (χ3n) is 4.69. The first kappa shape index (κ1) is 14.4. The lowest BCUT2D eigenvalue weighted by atomic mass is 9.95. The van der Waals surface area contributed by atoms with Gasteiger partial charge in [0.25, 0.3) is 0 Å². The fourth-order valence-corrected chi connectivity index (χ4v) is 3.50. The number of likely N-dealkylation sites (N-methyl/N-ethyl adjacent to an activating group) is 1. The van der Waals surface area contributed by atoms with Crippen LogP contribution < -0.4 is 0 Å². The van der Waals surface area contributed by atoms with Crippen molar-refractivity contribution in [3.05, 3.63) is 24.5 Å². The highest BCUT2D eigenvalue weighted by Gasteiger charge is 2.44. The van der Waals surface area contributed by atoms with Gasteiger partial charge in [0.1, 0.15) is 5.60 Å². The highest BCUT2D eigenvalue weighted by Crippen LogP contribution is 2.32. The molecular formula is C16H25N3O2. The number of nitrogens with zero attached hydrogens (tertiary/aromatic N) is 3. The van der Waals surface area contributed by atoms with Crippen LogP contribution in [-0.4, -0.2) is 59.3 Å². The monoisotopic (exact) mass is 291 g/mol. The molecule has 0 saturated carbocycles. The normalized spacial score (nSPS) is 27.1. The standard InChI is InChI=1S/C16H25N3O2/c1-17-14-16(21-15(17)20)6-4-10-19(13-7-16)12-5-11-18-8-2-3-9-18/h2-3,8-9H,4-7,10-14H2,1H3/t16-/m0/s1. The summed E-state index contributed by atoms with van der Waals surface area (Å²) in [4.78, 5) is 15.9. The summed E-state index contributed by atoms with van der Waals surface area (Å²) in [6, 6.07) is 4.14. The Morgan fingerprint density at radius 3 is 2.71 bits per heavy atom. The molecule has 2 fully saturated rings. The number of hydrogen-bond donors (Lipinski definition) is 0. The van der Waals surface area contributed by atoms with Crippen LogP contribution in [-0.2, 0) is 11.3 Å². The minimum absolute atomic E-state index is 0.156. The molecular weight excluding hydrogens is 266 g/mol. The Labute approximate surface area is 126 Å². The van der Waals surface area contributed by atoms with Gasteiger partial charge in [-0.25, -0.2) is 4.79 Å². The van der Waals surface area contributed by atoms with Crippen molar-refractivity contribution in [2.24, 2.45) is 0 Å². The van der Waals surface area contributed by atoms with Crippen LogP contribution >= 0.6 is 0 Å². The van der Waals surface area contributed by atoms with Gasteiger partial charge in [0.15, 0.2) is 0 Å². The third-order valence-corrected chi connectivity index (χ3v) is 4.69. The van der Waals surface area contributed by atoms with Gasteiger partial charge >= 0.3 is 6.09 Å². The van der Waals surface area contributed by atoms with Crippen molar-refractivity contribution in [2.75, 3.05) is 33.2 Å². The van der Waals surface area contributed by atoms with Gasteiger partial charge in [0, 0.05) is 39.0 Å². The lowest BCUT2D eigenvalue weighted by Crippen LogP contribution is -2.35. The number of carbonyl (C=O) groups excluding carboxylic acids is 1. The number of carbonyl (C=O) groups is 1. The fraction of sp³-hybridized carbons (Fsp3) is 0.688. The smallest absolute Gasteiger partial charge is 0.410 e. The molecule has 2 aliphatic heterocycles. The zero-order valence-electron chi connectivity index (χ0n) is 12.8. The Hall–Kier alpha value is -1.49. The molecule has 1 aromatic rings. The molecule has 0 bridgehead atoms. The first-order valence-electron chi connectivity index (χ1n) is 7.94. The summed E-state index contributed by atoms with van der Waals surface area (Å²) in [5, 5.41) is 0. The highest BCUT2D eigenvalue weighted by molar-refractivity contribution is 5.70. The molecule has 116 valence electrons. The van der Waals surface area contributed by atoms with Gasteiger partial charge in [0.05, 0.1) is 6.54 Å². The van der Waals surface area contributed by atoms with E-state index in [0.29, 0.717) is 0 Å². The van der Waals surface area contributed by atoms with Crippen molar-refractivity contribution in [2.45, 2.75) is 37.8 Å². The van der Waals surface area contributed by atoms with Gasteiger partial charge in [0.2, 0.25) is 0 Å². The SMILES string of the molecule is CN1C[C@@]2(CCCN(CCCn3cccc3)CC2)OC1=O. The van der Waals surface area contributed by atoms with E-state index in [0.717, 1.165) is 52.0 Å². The van der Waals surface area contributed by atoms with E-state index in [1.807, 2.05) is 7.05 Å². The van der Waals surface area contributed by atoms with Gasteiger partial charge in [-0.2, -0.15) is 0 Å². The molecule has 1 spiro atoms. The van der Waals surface area contributed by atoms with Crippen LogP contribution in [0.1, 0.15) is 25.7 Å². The number of aromatic nitrogens is 1. The van der Waals surface area contributed by atoms with Crippen molar-refractivity contribution in [3.63, 3.8) is 0 Å². The topological polar surface area (TPSA) is 37.7 Å². The van der Waals surface area contributed by atoms with Crippen LogP contribution in [0.15, 0.2) is 24.5 Å². The molecule has 1 aromatic heterocycles. The average Bonchev–Trinajstić information content (AvgIpc) is 3.00. The molecule has 5 nitrogen and oxygen atoms in total. The molecule has 3 heterocycles. The molecule has 1 amide bonds. The first-order valence-corrected chi connectivity index (χ1v) is 7.94. The predicted molar refractivity (Wildman–Crippen MR) is 81.2 cm³/mol. The summed E-state index contributed by atoms with van der Waals surface area (Å²) in [7, 11) is 1.83. The zero-order valence-corrected chi connectivity index (χ0v) is 12.8. The van der Waals surface area contributed by atoms with Gasteiger partial charge in [-0.15, -0.1) is 0 Å². The summed E-state index contributed by atoms with van der Waals surface area (Å²) in [6.45, 7) is 5.11. The van der Waals surface area contributed by atoms with E-state index >= 15 is 0 Å². The molecule has 2 aliphatic rings. The minimum atomic E-state index is -0.221. The fourth-order valence-electron chi connectivity index (χ4n) is 3.50. The van der Waals surface area contributed by atoms with Crippen molar-refractivity contribution < 1.29 is 9.53 Å². The Bertz CT molecular complexity index is 474. The second kappa shape index (κ2) is 6.10. The number of amides is 1. The molecule has 0 aliphatic carbocycles. The average molecular weight is 291 g/mol. The molecule has 3 rings (SSSR count). The Morgan fingerprint density at radius 1 is 1.19 bits per heavy atom. The number of ether oxygens (including phenoxy) is 1. The minimum Gasteiger partial charge on any atom is -0.441 e. The zero-order chi connectivity index (χ0) is 14.7. The maximum atomic E-state index is 11.6. The Balaban J connectivity index is 1.46. The van der Waals surface area contributed by atoms with Crippen LogP contribution in [0.25, 0.3) is 0 Å². The molecule has 2 saturated heterocycles. The third kappa shape index (κ3) is 3.40. The summed E-state index contributed by atoms with van der Waals surface area (Å²) in [6.07, 6.45) is 8.32. The van der Waals surface area contributed by atoms with Crippen LogP contribution in [0.4, 0.5) is 4.79 Å². The number of hydrogen-bond acceptors (Lipinski definition) is 3. The molecule has 1 atom stereocenters. The van der Waals surface area contributed by atoms with Crippen LogP contribution in [0, 0.1) is 0 Å². The highest BCUT2D eigenvalue weighted by atomic mass is 16.6. The van der Waals surface area contributed by atoms with Crippen molar-refractivity contribution in [1.82, 2.24) is 14.4 Å². The predicted octanol–water partition coefficient (Wildman–Crippen LogP) is 2.18. The summed E-state index contributed by atoms with van der Waals surface area (Å²) in [5.41, 5.74) is -0.221. The van der Waals surface area contributed by atoms with Gasteiger partial charge in [-0.05, 0) is 44.5 Å². The molecule has 21 heavy (non-hydrogen) atoms. The maximum Gasteiger partial charge on any atom is 0.410 e. The Morgan fingerprint density at radius 2 is 2.00 bits per heavy atom. The van der Waals surface area contributed by atoms with Gasteiger partial charge in [-0.3, -0.25) is 0 Å². The summed E-state index contributed by atoms with van der Waals surface area (Å²) >= 11 is 0. The van der Waals surface area contributed by atoms with Gasteiger partial charge in [-0.1, -0.05) is 0 Å². The van der Waals surface area contributed by atoms with E-state index in [9.17, 15) is 4.79 Å². The van der Waals surface area contributed by atoms with Crippen molar-refractivity contribution >= 4 is 6.09 Å². The summed E-state index contributed by atoms with van der Waals surface area (Å²) < 4.78 is 7.88.